The Hall–Kier alpha value is -3.73. The summed E-state index contributed by atoms with van der Waals surface area (Å²) in [5.74, 6) is 0.335. The Balaban J connectivity index is 1.80. The summed E-state index contributed by atoms with van der Waals surface area (Å²) in [4.78, 5) is 14.1. The Kier molecular flexibility index (Phi) is 6.35. The molecule has 3 aromatic rings. The van der Waals surface area contributed by atoms with E-state index in [1.54, 1.807) is 38.1 Å². The second-order valence-electron chi connectivity index (χ2n) is 6.67. The van der Waals surface area contributed by atoms with E-state index in [1.807, 2.05) is 6.07 Å². The van der Waals surface area contributed by atoms with Crippen LogP contribution >= 0.6 is 0 Å². The van der Waals surface area contributed by atoms with Crippen LogP contribution in [0, 0.1) is 20.8 Å². The van der Waals surface area contributed by atoms with Crippen LogP contribution in [0.15, 0.2) is 51.2 Å². The number of nitrogens with zero attached hydrogens (tertiary/aromatic N) is 3. The van der Waals surface area contributed by atoms with Crippen LogP contribution in [-0.2, 0) is 10.1 Å². The maximum absolute atomic E-state index is 12.8. The number of nitrogens with one attached hydrogen (secondary N) is 2. The molecule has 162 valence electrons. The third kappa shape index (κ3) is 5.25. The summed E-state index contributed by atoms with van der Waals surface area (Å²) in [6, 6.07) is 9.74. The minimum absolute atomic E-state index is 0.0437. The molecule has 0 aliphatic carbocycles. The molecule has 0 amide bonds. The molecule has 31 heavy (non-hydrogen) atoms. The molecule has 2 N–H and O–H groups in total. The molecule has 11 heteroatoms. The number of hydrogen-bond acceptors (Lipinski definition) is 9. The summed E-state index contributed by atoms with van der Waals surface area (Å²) in [5.41, 5.74) is 4.39. The first-order valence-corrected chi connectivity index (χ1v) is 10.5. The topological polar surface area (TPSA) is 136 Å². The first-order chi connectivity index (χ1) is 14.7. The Labute approximate surface area is 179 Å². The average molecular weight is 443 g/mol. The molecule has 3 rings (SSSR count). The fraction of sp³-hybridized carbons (Fsp3) is 0.200. The summed E-state index contributed by atoms with van der Waals surface area (Å²) in [7, 11) is -2.65. The van der Waals surface area contributed by atoms with Crippen molar-refractivity contribution in [2.45, 2.75) is 25.7 Å². The Bertz CT molecular complexity index is 1300. The number of aromatic nitrogens is 3. The molecule has 0 bridgehead atoms. The number of aryl methyl sites for hydroxylation is 3. The van der Waals surface area contributed by atoms with Crippen LogP contribution in [0.25, 0.3) is 0 Å². The van der Waals surface area contributed by atoms with Crippen LogP contribution in [-0.4, -0.2) is 36.9 Å². The van der Waals surface area contributed by atoms with Gasteiger partial charge in [-0.05, 0) is 61.7 Å². The van der Waals surface area contributed by atoms with Gasteiger partial charge >= 0.3 is 10.1 Å². The van der Waals surface area contributed by atoms with Gasteiger partial charge in [0, 0.05) is 0 Å². The van der Waals surface area contributed by atoms with Gasteiger partial charge in [0.2, 0.25) is 5.95 Å². The number of ether oxygens (including phenoxy) is 1. The lowest BCUT2D eigenvalue weighted by Crippen LogP contribution is -2.15. The van der Waals surface area contributed by atoms with E-state index in [-0.39, 0.29) is 33.6 Å². The first kappa shape index (κ1) is 22.0. The quantitative estimate of drug-likeness (QED) is 0.323. The zero-order valence-corrected chi connectivity index (χ0v) is 18.1. The third-order valence-corrected chi connectivity index (χ3v) is 5.62. The summed E-state index contributed by atoms with van der Waals surface area (Å²) in [5, 5.41) is 11.4. The molecule has 0 unspecified atom stereocenters. The van der Waals surface area contributed by atoms with Gasteiger partial charge in [-0.25, -0.2) is 5.43 Å². The largest absolute Gasteiger partial charge is 0.493 e. The van der Waals surface area contributed by atoms with E-state index < -0.39 is 10.1 Å². The van der Waals surface area contributed by atoms with Gasteiger partial charge in [-0.1, -0.05) is 12.1 Å². The number of rotatable bonds is 7. The minimum atomic E-state index is -4.05. The Morgan fingerprint density at radius 2 is 1.84 bits per heavy atom. The van der Waals surface area contributed by atoms with Gasteiger partial charge in [-0.2, -0.15) is 13.5 Å². The molecular weight excluding hydrogens is 422 g/mol. The van der Waals surface area contributed by atoms with Crippen molar-refractivity contribution in [1.29, 1.82) is 0 Å². The highest BCUT2D eigenvalue weighted by molar-refractivity contribution is 7.87. The van der Waals surface area contributed by atoms with Crippen LogP contribution in [0.5, 0.6) is 11.5 Å². The fourth-order valence-corrected chi connectivity index (χ4v) is 3.84. The van der Waals surface area contributed by atoms with Crippen molar-refractivity contribution >= 4 is 22.3 Å². The molecule has 1 aromatic heterocycles. The molecule has 0 saturated heterocycles. The standard InChI is InChI=1S/C20H21N5O5S/c1-12-5-6-13(2)18(9-12)31(27,28)30-16-8-7-15(10-17(16)29-4)11-21-24-20-22-19(26)14(3)23-25-20/h5-11H,1-4H3,(H2,22,24,25,26)/b21-11+. The monoisotopic (exact) mass is 443 g/mol. The van der Waals surface area contributed by atoms with Crippen LogP contribution in [0.4, 0.5) is 5.95 Å². The minimum Gasteiger partial charge on any atom is -0.493 e. The molecule has 0 saturated carbocycles. The van der Waals surface area contributed by atoms with Crippen LogP contribution in [0.2, 0.25) is 0 Å². The van der Waals surface area contributed by atoms with Gasteiger partial charge in [0.1, 0.15) is 10.6 Å². The number of hydrogen-bond donors (Lipinski definition) is 2. The lowest BCUT2D eigenvalue weighted by Gasteiger charge is -2.13. The molecule has 2 aromatic carbocycles. The van der Waals surface area contributed by atoms with Crippen molar-refractivity contribution in [3.05, 3.63) is 69.1 Å². The van der Waals surface area contributed by atoms with Crippen LogP contribution in [0.1, 0.15) is 22.4 Å². The van der Waals surface area contributed by atoms with Crippen LogP contribution in [0.3, 0.4) is 0 Å². The number of aromatic amines is 1. The highest BCUT2D eigenvalue weighted by atomic mass is 32.2. The van der Waals surface area contributed by atoms with Gasteiger partial charge in [-0.15, -0.1) is 10.2 Å². The fourth-order valence-electron chi connectivity index (χ4n) is 2.58. The molecule has 0 spiro atoms. The lowest BCUT2D eigenvalue weighted by atomic mass is 10.2. The molecule has 0 aliphatic heterocycles. The van der Waals surface area contributed by atoms with E-state index in [9.17, 15) is 13.2 Å². The maximum atomic E-state index is 12.8. The van der Waals surface area contributed by atoms with Crippen molar-refractivity contribution in [3.8, 4) is 11.5 Å². The Morgan fingerprint density at radius 3 is 2.55 bits per heavy atom. The van der Waals surface area contributed by atoms with E-state index in [2.05, 4.69) is 25.7 Å². The Morgan fingerprint density at radius 1 is 1.06 bits per heavy atom. The van der Waals surface area contributed by atoms with E-state index in [0.717, 1.165) is 5.56 Å². The maximum Gasteiger partial charge on any atom is 0.339 e. The van der Waals surface area contributed by atoms with Crippen molar-refractivity contribution in [2.24, 2.45) is 5.10 Å². The van der Waals surface area contributed by atoms with Crippen molar-refractivity contribution in [1.82, 2.24) is 15.2 Å². The molecule has 0 aliphatic rings. The van der Waals surface area contributed by atoms with Crippen molar-refractivity contribution in [2.75, 3.05) is 12.5 Å². The number of benzene rings is 2. The number of H-pyrrole nitrogens is 1. The molecular formula is C20H21N5O5S. The lowest BCUT2D eigenvalue weighted by molar-refractivity contribution is 0.390. The number of methoxy groups -OCH3 is 1. The SMILES string of the molecule is COc1cc(/C=N/Nc2nnc(C)c(=O)[nH]2)ccc1OS(=O)(=O)c1cc(C)ccc1C. The highest BCUT2D eigenvalue weighted by Gasteiger charge is 2.21. The van der Waals surface area contributed by atoms with Gasteiger partial charge in [-0.3, -0.25) is 9.78 Å². The van der Waals surface area contributed by atoms with Crippen molar-refractivity contribution in [3.63, 3.8) is 0 Å². The second kappa shape index (κ2) is 8.96. The summed E-state index contributed by atoms with van der Waals surface area (Å²) in [6.45, 7) is 5.04. The van der Waals surface area contributed by atoms with E-state index in [4.69, 9.17) is 8.92 Å². The highest BCUT2D eigenvalue weighted by Crippen LogP contribution is 2.31. The molecule has 0 radical (unpaired) electrons. The van der Waals surface area contributed by atoms with Gasteiger partial charge < -0.3 is 8.92 Å². The smallest absolute Gasteiger partial charge is 0.339 e. The van der Waals surface area contributed by atoms with Gasteiger partial charge in [0.15, 0.2) is 11.5 Å². The van der Waals surface area contributed by atoms with Crippen molar-refractivity contribution < 1.29 is 17.3 Å². The second-order valence-corrected chi connectivity index (χ2v) is 8.19. The zero-order valence-electron chi connectivity index (χ0n) is 17.3. The number of anilines is 1. The molecule has 1 heterocycles. The van der Waals surface area contributed by atoms with Crippen LogP contribution < -0.4 is 19.9 Å². The normalized spacial score (nSPS) is 11.5. The number of hydrazone groups is 1. The van der Waals surface area contributed by atoms with E-state index in [0.29, 0.717) is 11.1 Å². The summed E-state index contributed by atoms with van der Waals surface area (Å²) in [6.07, 6.45) is 1.44. The van der Waals surface area contributed by atoms with E-state index in [1.165, 1.54) is 26.3 Å². The summed E-state index contributed by atoms with van der Waals surface area (Å²) < 4.78 is 36.1. The van der Waals surface area contributed by atoms with E-state index >= 15 is 0 Å². The predicted molar refractivity (Wildman–Crippen MR) is 115 cm³/mol. The average Bonchev–Trinajstić information content (AvgIpc) is 2.73. The molecule has 0 atom stereocenters. The van der Waals surface area contributed by atoms with Gasteiger partial charge in [0.25, 0.3) is 5.56 Å². The molecule has 0 fully saturated rings. The third-order valence-electron chi connectivity index (χ3n) is 4.24. The van der Waals surface area contributed by atoms with Gasteiger partial charge in [0.05, 0.1) is 13.3 Å². The molecule has 10 nitrogen and oxygen atoms in total. The first-order valence-electron chi connectivity index (χ1n) is 9.12. The summed E-state index contributed by atoms with van der Waals surface area (Å²) >= 11 is 0. The zero-order chi connectivity index (χ0) is 22.6. The predicted octanol–water partition coefficient (Wildman–Crippen LogP) is 2.31.